The van der Waals surface area contributed by atoms with Gasteiger partial charge in [-0.15, -0.1) is 10.2 Å². The second-order valence-corrected chi connectivity index (χ2v) is 8.32. The molecule has 1 N–H and O–H groups in total. The van der Waals surface area contributed by atoms with Crippen molar-refractivity contribution in [3.63, 3.8) is 0 Å². The third-order valence-electron chi connectivity index (χ3n) is 6.11. The average Bonchev–Trinajstić information content (AvgIpc) is 3.46. The molecule has 2 aromatic rings. The van der Waals surface area contributed by atoms with E-state index < -0.39 is 0 Å². The molecule has 0 radical (unpaired) electrons. The first-order valence-electron chi connectivity index (χ1n) is 10.5. The van der Waals surface area contributed by atoms with Gasteiger partial charge in [0.2, 0.25) is 0 Å². The fraction of sp³-hybridized carbons (Fsp3) is 0.700. The highest BCUT2D eigenvalue weighted by molar-refractivity contribution is 5.80. The summed E-state index contributed by atoms with van der Waals surface area (Å²) in [6.45, 7) is 4.64. The van der Waals surface area contributed by atoms with Gasteiger partial charge >= 0.3 is 0 Å². The molecule has 1 aliphatic heterocycles. The van der Waals surface area contributed by atoms with Crippen molar-refractivity contribution < 1.29 is 0 Å². The Morgan fingerprint density at radius 2 is 2.04 bits per heavy atom. The monoisotopic (exact) mass is 384 g/mol. The van der Waals surface area contributed by atoms with Crippen LogP contribution in [0.1, 0.15) is 49.3 Å². The normalized spacial score (nSPS) is 21.0. The minimum Gasteiger partial charge on any atom is -0.353 e. The maximum absolute atomic E-state index is 4.95. The highest BCUT2D eigenvalue weighted by atomic mass is 15.3. The number of rotatable bonds is 5. The highest BCUT2D eigenvalue weighted by Crippen LogP contribution is 2.23. The Morgan fingerprint density at radius 1 is 1.21 bits per heavy atom. The van der Waals surface area contributed by atoms with Gasteiger partial charge in [-0.25, -0.2) is 4.99 Å². The Bertz CT molecular complexity index is 814. The number of nitrogens with one attached hydrogen (secondary N) is 1. The number of guanidine groups is 1. The molecule has 0 aromatic carbocycles. The summed E-state index contributed by atoms with van der Waals surface area (Å²) in [4.78, 5) is 7.38. The van der Waals surface area contributed by atoms with Crippen LogP contribution in [-0.2, 0) is 27.1 Å². The first-order chi connectivity index (χ1) is 13.6. The first-order valence-corrected chi connectivity index (χ1v) is 10.5. The number of aliphatic imine (C=N–C) groups is 1. The molecule has 1 unspecified atom stereocenters. The summed E-state index contributed by atoms with van der Waals surface area (Å²) < 4.78 is 3.91. The molecule has 2 fully saturated rings. The van der Waals surface area contributed by atoms with Gasteiger partial charge in [-0.2, -0.15) is 5.10 Å². The quantitative estimate of drug-likeness (QED) is 0.628. The van der Waals surface area contributed by atoms with Crippen molar-refractivity contribution >= 4 is 5.96 Å². The number of hydrogen-bond donors (Lipinski definition) is 1. The summed E-state index contributed by atoms with van der Waals surface area (Å²) in [6, 6.07) is 0.553. The van der Waals surface area contributed by atoms with Gasteiger partial charge in [0.15, 0.2) is 11.8 Å². The zero-order chi connectivity index (χ0) is 19.5. The van der Waals surface area contributed by atoms with E-state index in [0.717, 1.165) is 37.1 Å². The summed E-state index contributed by atoms with van der Waals surface area (Å²) in [5, 5.41) is 16.5. The topological polar surface area (TPSA) is 76.2 Å². The van der Waals surface area contributed by atoms with Gasteiger partial charge in [0.05, 0.1) is 6.20 Å². The lowest BCUT2D eigenvalue weighted by molar-refractivity contribution is 0.444. The fourth-order valence-corrected chi connectivity index (χ4v) is 4.33. The summed E-state index contributed by atoms with van der Waals surface area (Å²) in [5.74, 6) is 3.53. The molecular weight excluding hydrogens is 352 g/mol. The number of nitrogens with zero attached hydrogens (tertiary/aromatic N) is 7. The SMILES string of the molecule is Cc1nnc(CN=C(NC2CCCC2)N2CCC(Cc3cnn(C)c3)C2)n1C. The number of aryl methyl sites for hydroxylation is 2. The van der Waals surface area contributed by atoms with Gasteiger partial charge in [-0.05, 0) is 44.1 Å². The van der Waals surface area contributed by atoms with Crippen molar-refractivity contribution in [3.8, 4) is 0 Å². The van der Waals surface area contributed by atoms with E-state index >= 15 is 0 Å². The zero-order valence-electron chi connectivity index (χ0n) is 17.3. The molecular formula is C20H32N8. The molecule has 2 aliphatic rings. The molecule has 28 heavy (non-hydrogen) atoms. The van der Waals surface area contributed by atoms with E-state index in [9.17, 15) is 0 Å². The summed E-state index contributed by atoms with van der Waals surface area (Å²) in [6.07, 6.45) is 11.5. The maximum Gasteiger partial charge on any atom is 0.194 e. The van der Waals surface area contributed by atoms with Crippen molar-refractivity contribution in [1.29, 1.82) is 0 Å². The minimum atomic E-state index is 0.553. The molecule has 1 atom stereocenters. The van der Waals surface area contributed by atoms with Gasteiger partial charge in [-0.1, -0.05) is 12.8 Å². The van der Waals surface area contributed by atoms with E-state index in [1.165, 1.54) is 37.7 Å². The Labute approximate surface area is 167 Å². The third kappa shape index (κ3) is 4.36. The van der Waals surface area contributed by atoms with E-state index in [1.54, 1.807) is 0 Å². The van der Waals surface area contributed by atoms with Gasteiger partial charge < -0.3 is 14.8 Å². The van der Waals surface area contributed by atoms with E-state index in [0.29, 0.717) is 18.5 Å². The van der Waals surface area contributed by atoms with Gasteiger partial charge in [0.1, 0.15) is 12.4 Å². The molecule has 152 valence electrons. The lowest BCUT2D eigenvalue weighted by atomic mass is 10.0. The fourth-order valence-electron chi connectivity index (χ4n) is 4.33. The van der Waals surface area contributed by atoms with Crippen LogP contribution in [0.3, 0.4) is 0 Å². The molecule has 1 saturated carbocycles. The van der Waals surface area contributed by atoms with Crippen LogP contribution in [0.15, 0.2) is 17.4 Å². The van der Waals surface area contributed by atoms with Crippen molar-refractivity contribution in [1.82, 2.24) is 34.8 Å². The summed E-state index contributed by atoms with van der Waals surface area (Å²) >= 11 is 0. The number of hydrogen-bond acceptors (Lipinski definition) is 4. The van der Waals surface area contributed by atoms with Crippen molar-refractivity contribution in [2.75, 3.05) is 13.1 Å². The largest absolute Gasteiger partial charge is 0.353 e. The Morgan fingerprint density at radius 3 is 2.71 bits per heavy atom. The Hall–Kier alpha value is -2.38. The van der Waals surface area contributed by atoms with Gasteiger partial charge in [-0.3, -0.25) is 4.68 Å². The molecule has 2 aromatic heterocycles. The maximum atomic E-state index is 4.95. The van der Waals surface area contributed by atoms with E-state index in [2.05, 4.69) is 31.7 Å². The van der Waals surface area contributed by atoms with Crippen LogP contribution in [0, 0.1) is 12.8 Å². The van der Waals surface area contributed by atoms with Crippen LogP contribution in [0.5, 0.6) is 0 Å². The zero-order valence-corrected chi connectivity index (χ0v) is 17.3. The first kappa shape index (κ1) is 19.0. The molecule has 0 spiro atoms. The van der Waals surface area contributed by atoms with Gasteiger partial charge in [0, 0.05) is 39.4 Å². The predicted octanol–water partition coefficient (Wildman–Crippen LogP) is 1.81. The number of likely N-dealkylation sites (tertiary alicyclic amines) is 1. The van der Waals surface area contributed by atoms with Crippen LogP contribution in [-0.4, -0.2) is 54.5 Å². The van der Waals surface area contributed by atoms with Crippen molar-refractivity contribution in [3.05, 3.63) is 29.6 Å². The van der Waals surface area contributed by atoms with E-state index in [4.69, 9.17) is 4.99 Å². The molecule has 8 nitrogen and oxygen atoms in total. The van der Waals surface area contributed by atoms with E-state index in [-0.39, 0.29) is 0 Å². The van der Waals surface area contributed by atoms with Crippen LogP contribution < -0.4 is 5.32 Å². The second-order valence-electron chi connectivity index (χ2n) is 8.32. The molecule has 4 rings (SSSR count). The van der Waals surface area contributed by atoms with E-state index in [1.807, 2.05) is 36.5 Å². The molecule has 8 heteroatoms. The minimum absolute atomic E-state index is 0.553. The lowest BCUT2D eigenvalue weighted by Crippen LogP contribution is -2.44. The highest BCUT2D eigenvalue weighted by Gasteiger charge is 2.27. The number of aromatic nitrogens is 5. The lowest BCUT2D eigenvalue weighted by Gasteiger charge is -2.25. The third-order valence-corrected chi connectivity index (χ3v) is 6.11. The predicted molar refractivity (Wildman–Crippen MR) is 109 cm³/mol. The Kier molecular flexibility index (Phi) is 5.64. The molecule has 1 aliphatic carbocycles. The van der Waals surface area contributed by atoms with Gasteiger partial charge in [0.25, 0.3) is 0 Å². The average molecular weight is 385 g/mol. The summed E-state index contributed by atoms with van der Waals surface area (Å²) in [7, 11) is 3.99. The standard InChI is InChI=1S/C20H32N8/c1-15-24-25-19(27(15)3)12-21-20(23-18-6-4-5-7-18)28-9-8-16(14-28)10-17-11-22-26(2)13-17/h11,13,16,18H,4-10,12,14H2,1-3H3,(H,21,23). The second kappa shape index (κ2) is 8.32. The summed E-state index contributed by atoms with van der Waals surface area (Å²) in [5.41, 5.74) is 1.33. The van der Waals surface area contributed by atoms with Crippen molar-refractivity contribution in [2.45, 2.75) is 58.0 Å². The van der Waals surface area contributed by atoms with Crippen LogP contribution in [0.4, 0.5) is 0 Å². The molecule has 1 saturated heterocycles. The molecule has 0 amide bonds. The van der Waals surface area contributed by atoms with Crippen LogP contribution >= 0.6 is 0 Å². The van der Waals surface area contributed by atoms with Crippen LogP contribution in [0.25, 0.3) is 0 Å². The Balaban J connectivity index is 1.43. The van der Waals surface area contributed by atoms with Crippen molar-refractivity contribution in [2.24, 2.45) is 25.0 Å². The molecule has 3 heterocycles. The smallest absolute Gasteiger partial charge is 0.194 e. The van der Waals surface area contributed by atoms with Crippen LogP contribution in [0.2, 0.25) is 0 Å². The molecule has 0 bridgehead atoms.